The van der Waals surface area contributed by atoms with E-state index in [1.807, 2.05) is 6.07 Å². The van der Waals surface area contributed by atoms with Crippen LogP contribution in [0.2, 0.25) is 0 Å². The largest absolute Gasteiger partial charge is 0.396 e. The minimum Gasteiger partial charge on any atom is -0.396 e. The summed E-state index contributed by atoms with van der Waals surface area (Å²) in [7, 11) is 0. The van der Waals surface area contributed by atoms with E-state index in [4.69, 9.17) is 5.11 Å². The van der Waals surface area contributed by atoms with E-state index in [9.17, 15) is 0 Å². The third-order valence-electron chi connectivity index (χ3n) is 2.49. The van der Waals surface area contributed by atoms with E-state index in [2.05, 4.69) is 32.8 Å². The molecule has 1 saturated carbocycles. The molecule has 1 aromatic rings. The minimum atomic E-state index is 0.232. The quantitative estimate of drug-likeness (QED) is 0.671. The van der Waals surface area contributed by atoms with Crippen molar-refractivity contribution in [1.82, 2.24) is 9.97 Å². The van der Waals surface area contributed by atoms with Gasteiger partial charge in [-0.15, -0.1) is 11.8 Å². The molecule has 2 rings (SSSR count). The van der Waals surface area contributed by atoms with Crippen LogP contribution < -0.4 is 0 Å². The van der Waals surface area contributed by atoms with Crippen molar-refractivity contribution in [2.75, 3.05) is 6.61 Å². The molecule has 1 unspecified atom stereocenters. The van der Waals surface area contributed by atoms with E-state index < -0.39 is 0 Å². The van der Waals surface area contributed by atoms with Gasteiger partial charge >= 0.3 is 0 Å². The zero-order valence-electron chi connectivity index (χ0n) is 9.19. The van der Waals surface area contributed by atoms with Gasteiger partial charge < -0.3 is 5.11 Å². The van der Waals surface area contributed by atoms with Crippen LogP contribution in [-0.2, 0) is 0 Å². The summed E-state index contributed by atoms with van der Waals surface area (Å²) in [6.45, 7) is 2.34. The van der Waals surface area contributed by atoms with Crippen LogP contribution in [0.25, 0.3) is 0 Å². The molecule has 1 N–H and O–H groups in total. The number of hydrogen-bond acceptors (Lipinski definition) is 4. The van der Waals surface area contributed by atoms with Crippen molar-refractivity contribution in [3.8, 4) is 0 Å². The van der Waals surface area contributed by atoms with E-state index in [1.165, 1.54) is 12.8 Å². The molecule has 3 nitrogen and oxygen atoms in total. The molecule has 1 aliphatic rings. The molecule has 88 valence electrons. The van der Waals surface area contributed by atoms with Crippen LogP contribution in [0.3, 0.4) is 0 Å². The fraction of sp³-hybridized carbons (Fsp3) is 0.636. The molecule has 0 amide bonds. The summed E-state index contributed by atoms with van der Waals surface area (Å²) in [5.41, 5.74) is 0. The summed E-state index contributed by atoms with van der Waals surface area (Å²) < 4.78 is 0.864. The lowest BCUT2D eigenvalue weighted by Gasteiger charge is -2.09. The average molecular weight is 303 g/mol. The highest BCUT2D eigenvalue weighted by Crippen LogP contribution is 2.39. The highest BCUT2D eigenvalue weighted by Gasteiger charge is 2.27. The first-order valence-corrected chi connectivity index (χ1v) is 7.18. The van der Waals surface area contributed by atoms with Crippen LogP contribution in [0.5, 0.6) is 0 Å². The highest BCUT2D eigenvalue weighted by atomic mass is 79.9. The van der Waals surface area contributed by atoms with Crippen molar-refractivity contribution < 1.29 is 5.11 Å². The van der Waals surface area contributed by atoms with Gasteiger partial charge in [0, 0.05) is 23.8 Å². The molecular weight excluding hydrogens is 288 g/mol. The number of aromatic nitrogens is 2. The molecule has 0 aromatic carbocycles. The molecule has 1 atom stereocenters. The summed E-state index contributed by atoms with van der Waals surface area (Å²) in [6.07, 6.45) is 3.23. The Morgan fingerprint density at radius 3 is 2.94 bits per heavy atom. The van der Waals surface area contributed by atoms with Crippen LogP contribution in [0, 0.1) is 0 Å². The molecule has 0 radical (unpaired) electrons. The highest BCUT2D eigenvalue weighted by molar-refractivity contribution is 9.10. The standard InChI is InChI=1S/C11H15BrN2OS/c1-7(4-5-15)16-10-6-9(12)13-11(14-10)8-2-3-8/h6-8,15H,2-5H2,1H3. The van der Waals surface area contributed by atoms with Crippen molar-refractivity contribution in [2.45, 2.75) is 42.4 Å². The van der Waals surface area contributed by atoms with E-state index in [-0.39, 0.29) is 6.61 Å². The monoisotopic (exact) mass is 302 g/mol. The van der Waals surface area contributed by atoms with Gasteiger partial charge in [-0.2, -0.15) is 0 Å². The topological polar surface area (TPSA) is 46.0 Å². The van der Waals surface area contributed by atoms with Gasteiger partial charge in [0.05, 0.1) is 0 Å². The Balaban J connectivity index is 2.07. The number of aliphatic hydroxyl groups excluding tert-OH is 1. The Morgan fingerprint density at radius 1 is 1.56 bits per heavy atom. The zero-order valence-corrected chi connectivity index (χ0v) is 11.6. The second kappa shape index (κ2) is 5.47. The first-order valence-electron chi connectivity index (χ1n) is 5.51. The zero-order chi connectivity index (χ0) is 11.5. The van der Waals surface area contributed by atoms with Crippen molar-refractivity contribution in [3.63, 3.8) is 0 Å². The Morgan fingerprint density at radius 2 is 2.31 bits per heavy atom. The Bertz CT molecular complexity index is 371. The van der Waals surface area contributed by atoms with Crippen LogP contribution in [-0.4, -0.2) is 26.9 Å². The summed E-state index contributed by atoms with van der Waals surface area (Å²) in [6, 6.07) is 1.95. The fourth-order valence-electron chi connectivity index (χ4n) is 1.45. The van der Waals surface area contributed by atoms with Crippen molar-refractivity contribution >= 4 is 27.7 Å². The predicted octanol–water partition coefficient (Wildman–Crippen LogP) is 2.98. The molecule has 5 heteroatoms. The lowest BCUT2D eigenvalue weighted by molar-refractivity contribution is 0.289. The summed E-state index contributed by atoms with van der Waals surface area (Å²) in [4.78, 5) is 8.95. The van der Waals surface area contributed by atoms with E-state index >= 15 is 0 Å². The molecule has 1 heterocycles. The fourth-order valence-corrected chi connectivity index (χ4v) is 2.96. The number of aliphatic hydroxyl groups is 1. The average Bonchev–Trinajstić information content (AvgIpc) is 2.99. The van der Waals surface area contributed by atoms with Crippen LogP contribution >= 0.6 is 27.7 Å². The third-order valence-corrected chi connectivity index (χ3v) is 3.98. The van der Waals surface area contributed by atoms with Gasteiger partial charge in [-0.05, 0) is 35.2 Å². The van der Waals surface area contributed by atoms with E-state index in [1.54, 1.807) is 11.8 Å². The van der Waals surface area contributed by atoms with Crippen LogP contribution in [0.1, 0.15) is 37.9 Å². The first-order chi connectivity index (χ1) is 7.69. The van der Waals surface area contributed by atoms with Crippen molar-refractivity contribution in [1.29, 1.82) is 0 Å². The maximum atomic E-state index is 8.87. The van der Waals surface area contributed by atoms with Crippen LogP contribution in [0.4, 0.5) is 0 Å². The van der Waals surface area contributed by atoms with Gasteiger partial charge in [0.1, 0.15) is 15.5 Å². The number of rotatable bonds is 5. The Labute approximate surface area is 108 Å². The minimum absolute atomic E-state index is 0.232. The van der Waals surface area contributed by atoms with Gasteiger partial charge in [-0.1, -0.05) is 6.92 Å². The normalized spacial score (nSPS) is 17.4. The molecule has 16 heavy (non-hydrogen) atoms. The summed E-state index contributed by atoms with van der Waals surface area (Å²) >= 11 is 5.12. The maximum Gasteiger partial charge on any atom is 0.134 e. The molecule has 1 fully saturated rings. The Kier molecular flexibility index (Phi) is 4.21. The summed E-state index contributed by atoms with van der Waals surface area (Å²) in [5, 5.41) is 10.3. The lowest BCUT2D eigenvalue weighted by Crippen LogP contribution is -2.01. The van der Waals surface area contributed by atoms with Gasteiger partial charge in [0.2, 0.25) is 0 Å². The second-order valence-electron chi connectivity index (χ2n) is 4.10. The molecule has 0 spiro atoms. The number of thioether (sulfide) groups is 1. The van der Waals surface area contributed by atoms with Crippen molar-refractivity contribution in [2.24, 2.45) is 0 Å². The van der Waals surface area contributed by atoms with E-state index in [0.717, 1.165) is 21.9 Å². The molecule has 1 aromatic heterocycles. The summed E-state index contributed by atoms with van der Waals surface area (Å²) in [5.74, 6) is 1.54. The molecule has 0 saturated heterocycles. The van der Waals surface area contributed by atoms with Gasteiger partial charge in [0.25, 0.3) is 0 Å². The lowest BCUT2D eigenvalue weighted by atomic mass is 10.3. The number of nitrogens with zero attached hydrogens (tertiary/aromatic N) is 2. The maximum absolute atomic E-state index is 8.87. The van der Waals surface area contributed by atoms with Gasteiger partial charge in [-0.3, -0.25) is 0 Å². The molecular formula is C11H15BrN2OS. The van der Waals surface area contributed by atoms with Gasteiger partial charge in [0.15, 0.2) is 0 Å². The van der Waals surface area contributed by atoms with Gasteiger partial charge in [-0.25, -0.2) is 9.97 Å². The van der Waals surface area contributed by atoms with E-state index in [0.29, 0.717) is 11.2 Å². The van der Waals surface area contributed by atoms with Crippen LogP contribution in [0.15, 0.2) is 15.7 Å². The number of hydrogen-bond donors (Lipinski definition) is 1. The Hall–Kier alpha value is -0.130. The predicted molar refractivity (Wildman–Crippen MR) is 68.7 cm³/mol. The number of halogens is 1. The molecule has 0 aliphatic heterocycles. The second-order valence-corrected chi connectivity index (χ2v) is 6.37. The SMILES string of the molecule is CC(CCO)Sc1cc(Br)nc(C2CC2)n1. The first kappa shape index (κ1) is 12.3. The smallest absolute Gasteiger partial charge is 0.134 e. The molecule has 1 aliphatic carbocycles. The molecule has 0 bridgehead atoms. The van der Waals surface area contributed by atoms with Crippen molar-refractivity contribution in [3.05, 3.63) is 16.5 Å². The third kappa shape index (κ3) is 3.43.